The van der Waals surface area contributed by atoms with Gasteiger partial charge >= 0.3 is 0 Å². The summed E-state index contributed by atoms with van der Waals surface area (Å²) in [6.45, 7) is 8.64. The van der Waals surface area contributed by atoms with Crippen LogP contribution in [0.25, 0.3) is 10.2 Å². The molecule has 0 saturated carbocycles. The molecule has 5 nitrogen and oxygen atoms in total. The number of fused-ring (bicyclic) bond motifs is 1. The fourth-order valence-electron chi connectivity index (χ4n) is 3.10. The van der Waals surface area contributed by atoms with Crippen LogP contribution in [0.15, 0.2) is 48.5 Å². The van der Waals surface area contributed by atoms with Gasteiger partial charge in [-0.05, 0) is 48.6 Å². The molecule has 0 fully saturated rings. The van der Waals surface area contributed by atoms with Gasteiger partial charge in [0, 0.05) is 18.5 Å². The highest BCUT2D eigenvalue weighted by Crippen LogP contribution is 2.23. The average Bonchev–Trinajstić information content (AvgIpc) is 3.13. The van der Waals surface area contributed by atoms with Gasteiger partial charge < -0.3 is 10.6 Å². The molecular weight excluding hydrogens is 394 g/mol. The summed E-state index contributed by atoms with van der Waals surface area (Å²) < 4.78 is 1.18. The van der Waals surface area contributed by atoms with Crippen molar-refractivity contribution >= 4 is 33.4 Å². The summed E-state index contributed by atoms with van der Waals surface area (Å²) in [7, 11) is 0. The first-order chi connectivity index (χ1) is 14.2. The second-order valence-electron chi connectivity index (χ2n) is 8.49. The lowest BCUT2D eigenvalue weighted by Gasteiger charge is -2.19. The van der Waals surface area contributed by atoms with Crippen molar-refractivity contribution in [2.75, 3.05) is 6.54 Å². The minimum atomic E-state index is -0.595. The summed E-state index contributed by atoms with van der Waals surface area (Å²) in [6.07, 6.45) is 1.63. The summed E-state index contributed by atoms with van der Waals surface area (Å²) in [6, 6.07) is 15.0. The minimum Gasteiger partial charge on any atom is -0.354 e. The van der Waals surface area contributed by atoms with E-state index in [9.17, 15) is 9.59 Å². The predicted molar refractivity (Wildman–Crippen MR) is 123 cm³/mol. The molecule has 1 aromatic heterocycles. The van der Waals surface area contributed by atoms with Crippen LogP contribution in [0.2, 0.25) is 0 Å². The Bertz CT molecular complexity index is 986. The Morgan fingerprint density at radius 3 is 2.43 bits per heavy atom. The molecule has 158 valence electrons. The number of para-hydroxylation sites is 1. The van der Waals surface area contributed by atoms with E-state index in [2.05, 4.69) is 42.5 Å². The summed E-state index contributed by atoms with van der Waals surface area (Å²) in [5, 5.41) is 6.74. The molecule has 0 aliphatic heterocycles. The number of amides is 2. The normalized spacial score (nSPS) is 12.5. The van der Waals surface area contributed by atoms with Crippen molar-refractivity contribution in [2.24, 2.45) is 0 Å². The van der Waals surface area contributed by atoms with Gasteiger partial charge in [0.1, 0.15) is 6.04 Å². The lowest BCUT2D eigenvalue weighted by molar-refractivity contribution is -0.122. The second kappa shape index (κ2) is 9.39. The number of carbonyl (C=O) groups is 2. The average molecular weight is 424 g/mol. The zero-order valence-electron chi connectivity index (χ0n) is 18.0. The van der Waals surface area contributed by atoms with Gasteiger partial charge in [-0.25, -0.2) is 4.98 Å². The summed E-state index contributed by atoms with van der Waals surface area (Å²) in [5.74, 6) is -0.424. The maximum absolute atomic E-state index is 12.4. The highest BCUT2D eigenvalue weighted by molar-refractivity contribution is 7.18. The van der Waals surface area contributed by atoms with E-state index in [1.165, 1.54) is 4.70 Å². The topological polar surface area (TPSA) is 71.1 Å². The van der Waals surface area contributed by atoms with Crippen molar-refractivity contribution in [3.05, 3.63) is 64.7 Å². The number of nitrogens with zero attached hydrogens (tertiary/aromatic N) is 1. The van der Waals surface area contributed by atoms with Crippen molar-refractivity contribution in [3.8, 4) is 0 Å². The molecule has 0 aliphatic carbocycles. The Balaban J connectivity index is 1.43. The summed E-state index contributed by atoms with van der Waals surface area (Å²) in [5.41, 5.74) is 2.78. The van der Waals surface area contributed by atoms with E-state index in [1.807, 2.05) is 30.3 Å². The molecule has 1 unspecified atom stereocenters. The van der Waals surface area contributed by atoms with Gasteiger partial charge in [-0.3, -0.25) is 9.59 Å². The van der Waals surface area contributed by atoms with Crippen LogP contribution in [0.5, 0.6) is 0 Å². The SMILES string of the molecule is CC(NC(=O)c1ccc(C(C)(C)C)cc1)C(=O)NCCCc1nc2ccccc2s1. The third-order valence-corrected chi connectivity index (χ3v) is 6.05. The van der Waals surface area contributed by atoms with Crippen LogP contribution in [-0.4, -0.2) is 29.4 Å². The standard InChI is InChI=1S/C24H29N3O2S/c1-16(26-23(29)17-11-13-18(14-12-17)24(2,3)4)22(28)25-15-7-10-21-27-19-8-5-6-9-20(19)30-21/h5-6,8-9,11-14,16H,7,10,15H2,1-4H3,(H,25,28)(H,26,29). The van der Waals surface area contributed by atoms with Crippen LogP contribution >= 0.6 is 11.3 Å². The zero-order chi connectivity index (χ0) is 21.7. The summed E-state index contributed by atoms with van der Waals surface area (Å²) >= 11 is 1.69. The van der Waals surface area contributed by atoms with Crippen LogP contribution in [-0.2, 0) is 16.6 Å². The highest BCUT2D eigenvalue weighted by atomic mass is 32.1. The maximum atomic E-state index is 12.4. The fraction of sp³-hybridized carbons (Fsp3) is 0.375. The van der Waals surface area contributed by atoms with E-state index in [4.69, 9.17) is 0 Å². The fourth-order valence-corrected chi connectivity index (χ4v) is 4.11. The first-order valence-corrected chi connectivity index (χ1v) is 11.1. The van der Waals surface area contributed by atoms with Gasteiger partial charge in [0.25, 0.3) is 5.91 Å². The lowest BCUT2D eigenvalue weighted by Crippen LogP contribution is -2.45. The molecule has 0 spiro atoms. The summed E-state index contributed by atoms with van der Waals surface area (Å²) in [4.78, 5) is 29.3. The van der Waals surface area contributed by atoms with Crippen molar-refractivity contribution in [1.29, 1.82) is 0 Å². The lowest BCUT2D eigenvalue weighted by atomic mass is 9.86. The van der Waals surface area contributed by atoms with Gasteiger partial charge in [0.15, 0.2) is 0 Å². The van der Waals surface area contributed by atoms with Gasteiger partial charge in [-0.1, -0.05) is 45.0 Å². The Hall–Kier alpha value is -2.73. The van der Waals surface area contributed by atoms with Crippen LogP contribution < -0.4 is 10.6 Å². The molecule has 2 aromatic carbocycles. The Kier molecular flexibility index (Phi) is 6.87. The molecule has 0 saturated heterocycles. The number of thiazole rings is 1. The van der Waals surface area contributed by atoms with Crippen LogP contribution in [0.3, 0.4) is 0 Å². The zero-order valence-corrected chi connectivity index (χ0v) is 18.8. The van der Waals surface area contributed by atoms with Gasteiger partial charge in [0.2, 0.25) is 5.91 Å². The number of hydrogen-bond donors (Lipinski definition) is 2. The third kappa shape index (κ3) is 5.66. The van der Waals surface area contributed by atoms with E-state index in [-0.39, 0.29) is 17.2 Å². The molecule has 2 N–H and O–H groups in total. The first kappa shape index (κ1) is 22.0. The molecule has 1 atom stereocenters. The molecule has 0 aliphatic rings. The van der Waals surface area contributed by atoms with E-state index in [0.717, 1.165) is 28.9 Å². The Labute approximate surface area is 181 Å². The number of hydrogen-bond acceptors (Lipinski definition) is 4. The first-order valence-electron chi connectivity index (χ1n) is 10.3. The molecular formula is C24H29N3O2S. The molecule has 3 rings (SSSR count). The monoisotopic (exact) mass is 423 g/mol. The predicted octanol–water partition coefficient (Wildman–Crippen LogP) is 4.46. The number of aryl methyl sites for hydroxylation is 1. The van der Waals surface area contributed by atoms with E-state index in [0.29, 0.717) is 12.1 Å². The highest BCUT2D eigenvalue weighted by Gasteiger charge is 2.18. The second-order valence-corrected chi connectivity index (χ2v) is 9.61. The Morgan fingerprint density at radius 1 is 1.07 bits per heavy atom. The number of carbonyl (C=O) groups excluding carboxylic acids is 2. The quantitative estimate of drug-likeness (QED) is 0.551. The van der Waals surface area contributed by atoms with Gasteiger partial charge in [-0.2, -0.15) is 0 Å². The molecule has 30 heavy (non-hydrogen) atoms. The molecule has 1 heterocycles. The number of rotatable bonds is 7. The number of aromatic nitrogens is 1. The minimum absolute atomic E-state index is 0.0353. The van der Waals surface area contributed by atoms with E-state index in [1.54, 1.807) is 30.4 Å². The van der Waals surface area contributed by atoms with Crippen LogP contribution in [0, 0.1) is 0 Å². The van der Waals surface area contributed by atoms with Gasteiger partial charge in [0.05, 0.1) is 15.2 Å². The molecule has 0 bridgehead atoms. The molecule has 0 radical (unpaired) electrons. The Morgan fingerprint density at radius 2 is 1.77 bits per heavy atom. The third-order valence-electron chi connectivity index (χ3n) is 4.96. The number of benzene rings is 2. The molecule has 3 aromatic rings. The van der Waals surface area contributed by atoms with Gasteiger partial charge in [-0.15, -0.1) is 11.3 Å². The van der Waals surface area contributed by atoms with Crippen molar-refractivity contribution in [2.45, 2.75) is 52.0 Å². The molecule has 6 heteroatoms. The maximum Gasteiger partial charge on any atom is 0.251 e. The van der Waals surface area contributed by atoms with Crippen molar-refractivity contribution < 1.29 is 9.59 Å². The van der Waals surface area contributed by atoms with Crippen LogP contribution in [0.1, 0.15) is 55.0 Å². The smallest absolute Gasteiger partial charge is 0.251 e. The van der Waals surface area contributed by atoms with E-state index >= 15 is 0 Å². The largest absolute Gasteiger partial charge is 0.354 e. The number of nitrogens with one attached hydrogen (secondary N) is 2. The van der Waals surface area contributed by atoms with Crippen LogP contribution in [0.4, 0.5) is 0 Å². The van der Waals surface area contributed by atoms with Crippen molar-refractivity contribution in [3.63, 3.8) is 0 Å². The van der Waals surface area contributed by atoms with E-state index < -0.39 is 6.04 Å². The molecule has 2 amide bonds. The van der Waals surface area contributed by atoms with Crippen molar-refractivity contribution in [1.82, 2.24) is 15.6 Å².